The van der Waals surface area contributed by atoms with Crippen LogP contribution in [0.1, 0.15) is 26.4 Å². The first-order valence-corrected chi connectivity index (χ1v) is 7.35. The van der Waals surface area contributed by atoms with Crippen molar-refractivity contribution < 1.29 is 14.3 Å². The molecular weight excluding hydrogens is 306 g/mol. The highest BCUT2D eigenvalue weighted by Crippen LogP contribution is 2.18. The molecule has 5 nitrogen and oxygen atoms in total. The van der Waals surface area contributed by atoms with Crippen molar-refractivity contribution in [1.82, 2.24) is 4.57 Å². The summed E-state index contributed by atoms with van der Waals surface area (Å²) in [4.78, 5) is 37.1. The Bertz CT molecular complexity index is 1020. The summed E-state index contributed by atoms with van der Waals surface area (Å²) in [6, 6.07) is 14.8. The Kier molecular flexibility index (Phi) is 4.00. The van der Waals surface area contributed by atoms with Gasteiger partial charge in [-0.25, -0.2) is 4.79 Å². The van der Waals surface area contributed by atoms with Crippen molar-refractivity contribution in [2.45, 2.75) is 0 Å². The average molecular weight is 321 g/mol. The Morgan fingerprint density at radius 3 is 2.29 bits per heavy atom. The fraction of sp³-hybridized carbons (Fsp3) is 0.105. The van der Waals surface area contributed by atoms with E-state index in [1.807, 2.05) is 0 Å². The van der Waals surface area contributed by atoms with Gasteiger partial charge in [0.1, 0.15) is 0 Å². The molecular formula is C19H15NO4. The van der Waals surface area contributed by atoms with E-state index in [1.165, 1.54) is 19.2 Å². The zero-order valence-electron chi connectivity index (χ0n) is 13.3. The van der Waals surface area contributed by atoms with Gasteiger partial charge >= 0.3 is 5.97 Å². The smallest absolute Gasteiger partial charge is 0.338 e. The third-order valence-corrected chi connectivity index (χ3v) is 3.97. The van der Waals surface area contributed by atoms with Crippen LogP contribution in [0.15, 0.2) is 59.4 Å². The molecule has 0 N–H and O–H groups in total. The van der Waals surface area contributed by atoms with Gasteiger partial charge in [-0.1, -0.05) is 30.3 Å². The largest absolute Gasteiger partial charge is 0.465 e. The lowest BCUT2D eigenvalue weighted by Crippen LogP contribution is -2.19. The average Bonchev–Trinajstić information content (AvgIpc) is 2.63. The number of benzene rings is 2. The van der Waals surface area contributed by atoms with Crippen molar-refractivity contribution in [3.05, 3.63) is 81.6 Å². The highest BCUT2D eigenvalue weighted by molar-refractivity contribution is 6.14. The number of esters is 1. The van der Waals surface area contributed by atoms with E-state index < -0.39 is 11.8 Å². The van der Waals surface area contributed by atoms with Gasteiger partial charge in [0, 0.05) is 24.1 Å². The number of nitrogens with zero attached hydrogens (tertiary/aromatic N) is 1. The molecule has 24 heavy (non-hydrogen) atoms. The lowest BCUT2D eigenvalue weighted by atomic mass is 10.0. The van der Waals surface area contributed by atoms with Crippen LogP contribution in [0.5, 0.6) is 0 Å². The Labute approximate surface area is 138 Å². The van der Waals surface area contributed by atoms with Crippen LogP contribution >= 0.6 is 0 Å². The third kappa shape index (κ3) is 2.50. The lowest BCUT2D eigenvalue weighted by molar-refractivity contribution is 0.0597. The molecule has 0 amide bonds. The maximum atomic E-state index is 12.9. The Balaban J connectivity index is 2.23. The van der Waals surface area contributed by atoms with Crippen LogP contribution in [-0.4, -0.2) is 23.4 Å². The summed E-state index contributed by atoms with van der Waals surface area (Å²) in [5.41, 5.74) is 1.02. The zero-order valence-corrected chi connectivity index (χ0v) is 13.3. The first kappa shape index (κ1) is 15.7. The van der Waals surface area contributed by atoms with Crippen molar-refractivity contribution in [2.24, 2.45) is 7.05 Å². The summed E-state index contributed by atoms with van der Waals surface area (Å²) in [5.74, 6) is -0.994. The summed E-state index contributed by atoms with van der Waals surface area (Å²) < 4.78 is 6.39. The van der Waals surface area contributed by atoms with Crippen LogP contribution in [0.25, 0.3) is 10.9 Å². The van der Waals surface area contributed by atoms with Crippen LogP contribution in [0.4, 0.5) is 0 Å². The molecule has 0 unspecified atom stereocenters. The molecule has 0 saturated carbocycles. The molecule has 0 fully saturated rings. The topological polar surface area (TPSA) is 65.4 Å². The first-order chi connectivity index (χ1) is 11.5. The monoisotopic (exact) mass is 321 g/mol. The van der Waals surface area contributed by atoms with E-state index in [4.69, 9.17) is 4.74 Å². The number of rotatable bonds is 3. The number of hydrogen-bond acceptors (Lipinski definition) is 4. The van der Waals surface area contributed by atoms with Gasteiger partial charge in [0.15, 0.2) is 5.43 Å². The van der Waals surface area contributed by atoms with Gasteiger partial charge in [-0.3, -0.25) is 9.59 Å². The number of pyridine rings is 1. The van der Waals surface area contributed by atoms with E-state index >= 15 is 0 Å². The number of ketones is 1. The van der Waals surface area contributed by atoms with E-state index in [9.17, 15) is 14.4 Å². The van der Waals surface area contributed by atoms with Crippen molar-refractivity contribution >= 4 is 22.7 Å². The summed E-state index contributed by atoms with van der Waals surface area (Å²) >= 11 is 0. The Morgan fingerprint density at radius 1 is 0.958 bits per heavy atom. The zero-order chi connectivity index (χ0) is 17.3. The second-order valence-corrected chi connectivity index (χ2v) is 5.34. The molecule has 3 aromatic rings. The first-order valence-electron chi connectivity index (χ1n) is 7.35. The minimum absolute atomic E-state index is 0.172. The maximum absolute atomic E-state index is 12.9. The molecule has 0 aliphatic carbocycles. The van der Waals surface area contributed by atoms with E-state index in [1.54, 1.807) is 54.1 Å². The minimum atomic E-state index is -0.593. The molecule has 0 saturated heterocycles. The molecule has 1 aromatic heterocycles. The second-order valence-electron chi connectivity index (χ2n) is 5.34. The molecule has 120 valence electrons. The number of fused-ring (bicyclic) bond motifs is 1. The van der Waals surface area contributed by atoms with Crippen LogP contribution in [0.3, 0.4) is 0 Å². The van der Waals surface area contributed by atoms with Gasteiger partial charge in [0.2, 0.25) is 5.78 Å². The molecule has 2 aromatic carbocycles. The number of ether oxygens (including phenoxy) is 1. The summed E-state index contributed by atoms with van der Waals surface area (Å²) in [6.07, 6.45) is 0. The van der Waals surface area contributed by atoms with E-state index in [-0.39, 0.29) is 22.2 Å². The summed E-state index contributed by atoms with van der Waals surface area (Å²) in [6.45, 7) is 0. The number of methoxy groups -OCH3 is 1. The van der Waals surface area contributed by atoms with Gasteiger partial charge in [0.05, 0.1) is 23.9 Å². The summed E-state index contributed by atoms with van der Waals surface area (Å²) in [5, 5.41) is 0.540. The fourth-order valence-corrected chi connectivity index (χ4v) is 2.73. The van der Waals surface area contributed by atoms with Gasteiger partial charge in [-0.05, 0) is 18.2 Å². The van der Waals surface area contributed by atoms with Crippen molar-refractivity contribution in [2.75, 3.05) is 7.11 Å². The number of hydrogen-bond donors (Lipinski definition) is 0. The molecule has 0 bridgehead atoms. The summed E-state index contributed by atoms with van der Waals surface area (Å²) in [7, 11) is 2.98. The van der Waals surface area contributed by atoms with Gasteiger partial charge in [0.25, 0.3) is 0 Å². The lowest BCUT2D eigenvalue weighted by Gasteiger charge is -2.13. The van der Waals surface area contributed by atoms with E-state index in [0.717, 1.165) is 0 Å². The predicted octanol–water partition coefficient (Wildman–Crippen LogP) is 2.56. The normalized spacial score (nSPS) is 10.6. The second kappa shape index (κ2) is 6.12. The third-order valence-electron chi connectivity index (χ3n) is 3.97. The molecule has 0 aliphatic rings. The molecule has 0 aliphatic heterocycles. The van der Waals surface area contributed by atoms with Crippen LogP contribution < -0.4 is 5.43 Å². The van der Waals surface area contributed by atoms with Gasteiger partial charge in [-0.15, -0.1) is 0 Å². The molecule has 0 atom stereocenters. The van der Waals surface area contributed by atoms with Crippen molar-refractivity contribution in [1.29, 1.82) is 0 Å². The molecule has 0 spiro atoms. The van der Waals surface area contributed by atoms with E-state index in [0.29, 0.717) is 10.9 Å². The molecule has 1 heterocycles. The standard InChI is InChI=1S/C19H15NO4/c1-20-15-10-6-5-9-14(15)17(21)11-16(20)18(22)12-7-3-4-8-13(12)19(23)24-2/h3-11H,1-2H3. The quantitative estimate of drug-likeness (QED) is 0.549. The Morgan fingerprint density at radius 2 is 1.58 bits per heavy atom. The fourth-order valence-electron chi connectivity index (χ4n) is 2.73. The number of aromatic nitrogens is 1. The molecule has 5 heteroatoms. The van der Waals surface area contributed by atoms with Gasteiger partial charge in [-0.2, -0.15) is 0 Å². The number of para-hydroxylation sites is 1. The van der Waals surface area contributed by atoms with Crippen LogP contribution in [0.2, 0.25) is 0 Å². The number of aryl methyl sites for hydroxylation is 1. The molecule has 3 rings (SSSR count). The highest BCUT2D eigenvalue weighted by atomic mass is 16.5. The van der Waals surface area contributed by atoms with Gasteiger partial charge < -0.3 is 9.30 Å². The number of carbonyl (C=O) groups excluding carboxylic acids is 2. The molecule has 0 radical (unpaired) electrons. The Hall–Kier alpha value is -3.21. The van der Waals surface area contributed by atoms with E-state index in [2.05, 4.69) is 0 Å². The van der Waals surface area contributed by atoms with Crippen molar-refractivity contribution in [3.63, 3.8) is 0 Å². The maximum Gasteiger partial charge on any atom is 0.338 e. The SMILES string of the molecule is COC(=O)c1ccccc1C(=O)c1cc(=O)c2ccccc2n1C. The number of carbonyl (C=O) groups is 2. The van der Waals surface area contributed by atoms with Crippen LogP contribution in [0, 0.1) is 0 Å². The van der Waals surface area contributed by atoms with Crippen LogP contribution in [-0.2, 0) is 11.8 Å². The minimum Gasteiger partial charge on any atom is -0.465 e. The highest BCUT2D eigenvalue weighted by Gasteiger charge is 2.21. The predicted molar refractivity (Wildman–Crippen MR) is 90.4 cm³/mol. The van der Waals surface area contributed by atoms with Crippen molar-refractivity contribution in [3.8, 4) is 0 Å².